The molecule has 35 heavy (non-hydrogen) atoms. The predicted molar refractivity (Wildman–Crippen MR) is 129 cm³/mol. The number of piperidine rings is 1. The van der Waals surface area contributed by atoms with Crippen LogP contribution in [0.15, 0.2) is 30.3 Å². The summed E-state index contributed by atoms with van der Waals surface area (Å²) in [5.41, 5.74) is 2.92. The molecule has 3 aliphatic heterocycles. The second-order valence-electron chi connectivity index (χ2n) is 9.69. The summed E-state index contributed by atoms with van der Waals surface area (Å²) in [6.45, 7) is 3.36. The number of hydrogen-bond acceptors (Lipinski definition) is 5. The number of aryl methyl sites for hydroxylation is 1. The molecule has 1 aromatic heterocycles. The first kappa shape index (κ1) is 23.5. The highest BCUT2D eigenvalue weighted by atomic mass is 16.5. The minimum absolute atomic E-state index is 0.0340. The van der Waals surface area contributed by atoms with Gasteiger partial charge >= 0.3 is 0 Å². The monoisotopic (exact) mass is 479 g/mol. The molecule has 1 N–H and O–H groups in total. The SMILES string of the molecule is Cn1nc(C(=O)N2CCC(C(=O)NCC3CCCO3)CC2)c2c1CCN(C(=O)c1ccccc1)C2. The van der Waals surface area contributed by atoms with Crippen LogP contribution in [-0.2, 0) is 29.5 Å². The van der Waals surface area contributed by atoms with Crippen LogP contribution in [0.5, 0.6) is 0 Å². The third-order valence-corrected chi connectivity index (χ3v) is 7.43. The largest absolute Gasteiger partial charge is 0.376 e. The van der Waals surface area contributed by atoms with Crippen molar-refractivity contribution >= 4 is 17.7 Å². The molecule has 0 spiro atoms. The Balaban J connectivity index is 1.21. The molecule has 2 fully saturated rings. The maximum absolute atomic E-state index is 13.4. The van der Waals surface area contributed by atoms with Crippen molar-refractivity contribution in [3.05, 3.63) is 52.8 Å². The van der Waals surface area contributed by atoms with Crippen LogP contribution in [0.1, 0.15) is 57.8 Å². The van der Waals surface area contributed by atoms with E-state index in [1.807, 2.05) is 37.4 Å². The summed E-state index contributed by atoms with van der Waals surface area (Å²) in [6, 6.07) is 9.23. The molecule has 1 unspecified atom stereocenters. The van der Waals surface area contributed by atoms with E-state index >= 15 is 0 Å². The van der Waals surface area contributed by atoms with Crippen LogP contribution in [-0.4, -0.2) is 76.2 Å². The minimum atomic E-state index is -0.117. The van der Waals surface area contributed by atoms with Crippen LogP contribution < -0.4 is 5.32 Å². The van der Waals surface area contributed by atoms with Crippen molar-refractivity contribution in [1.29, 1.82) is 0 Å². The zero-order valence-electron chi connectivity index (χ0n) is 20.2. The molecule has 0 aliphatic carbocycles. The van der Waals surface area contributed by atoms with Gasteiger partial charge in [-0.3, -0.25) is 19.1 Å². The first-order valence-corrected chi connectivity index (χ1v) is 12.6. The van der Waals surface area contributed by atoms with Gasteiger partial charge in [-0.25, -0.2) is 0 Å². The number of carbonyl (C=O) groups is 3. The van der Waals surface area contributed by atoms with E-state index in [9.17, 15) is 14.4 Å². The number of hydrogen-bond donors (Lipinski definition) is 1. The number of benzene rings is 1. The molecule has 3 aliphatic rings. The van der Waals surface area contributed by atoms with E-state index in [-0.39, 0.29) is 29.7 Å². The van der Waals surface area contributed by atoms with E-state index in [4.69, 9.17) is 4.74 Å². The van der Waals surface area contributed by atoms with Crippen molar-refractivity contribution in [2.24, 2.45) is 13.0 Å². The van der Waals surface area contributed by atoms with Gasteiger partial charge < -0.3 is 19.9 Å². The summed E-state index contributed by atoms with van der Waals surface area (Å²) >= 11 is 0. The van der Waals surface area contributed by atoms with Crippen LogP contribution in [0, 0.1) is 5.92 Å². The second-order valence-corrected chi connectivity index (χ2v) is 9.69. The average Bonchev–Trinajstić information content (AvgIpc) is 3.54. The first-order valence-electron chi connectivity index (χ1n) is 12.6. The molecule has 1 aromatic carbocycles. The fourth-order valence-electron chi connectivity index (χ4n) is 5.36. The van der Waals surface area contributed by atoms with Gasteiger partial charge in [0.05, 0.1) is 12.6 Å². The Morgan fingerprint density at radius 2 is 1.80 bits per heavy atom. The number of nitrogens with zero attached hydrogens (tertiary/aromatic N) is 4. The van der Waals surface area contributed by atoms with Crippen molar-refractivity contribution in [3.63, 3.8) is 0 Å². The third-order valence-electron chi connectivity index (χ3n) is 7.43. The Hall–Kier alpha value is -3.20. The number of amides is 3. The van der Waals surface area contributed by atoms with Crippen LogP contribution in [0.4, 0.5) is 0 Å². The molecule has 186 valence electrons. The summed E-state index contributed by atoms with van der Waals surface area (Å²) < 4.78 is 7.36. The molecular formula is C26H33N5O4. The third kappa shape index (κ3) is 4.96. The first-order chi connectivity index (χ1) is 17.0. The highest BCUT2D eigenvalue weighted by Gasteiger charge is 2.34. The van der Waals surface area contributed by atoms with Gasteiger partial charge in [0.1, 0.15) is 0 Å². The van der Waals surface area contributed by atoms with Gasteiger partial charge in [-0.2, -0.15) is 5.10 Å². The topological polar surface area (TPSA) is 96.8 Å². The van der Waals surface area contributed by atoms with E-state index < -0.39 is 0 Å². The van der Waals surface area contributed by atoms with Gasteiger partial charge in [0, 0.05) is 69.0 Å². The summed E-state index contributed by atoms with van der Waals surface area (Å²) in [5, 5.41) is 7.58. The van der Waals surface area contributed by atoms with Crippen molar-refractivity contribution in [1.82, 2.24) is 24.9 Å². The van der Waals surface area contributed by atoms with E-state index in [0.29, 0.717) is 63.2 Å². The highest BCUT2D eigenvalue weighted by molar-refractivity contribution is 5.96. The molecule has 0 bridgehead atoms. The predicted octanol–water partition coefficient (Wildman–Crippen LogP) is 1.77. The quantitative estimate of drug-likeness (QED) is 0.705. The number of aromatic nitrogens is 2. The number of rotatable bonds is 5. The molecule has 3 amide bonds. The van der Waals surface area contributed by atoms with Crippen molar-refractivity contribution in [3.8, 4) is 0 Å². The molecule has 1 atom stereocenters. The standard InChI is InChI=1S/C26H33N5O4/c1-29-22-11-14-31(25(33)19-6-3-2-4-7-19)17-21(22)23(28-29)26(34)30-12-9-18(10-13-30)24(32)27-16-20-8-5-15-35-20/h2-4,6-7,18,20H,5,8-17H2,1H3,(H,27,32). The lowest BCUT2D eigenvalue weighted by atomic mass is 9.95. The maximum atomic E-state index is 13.4. The summed E-state index contributed by atoms with van der Waals surface area (Å²) in [7, 11) is 1.86. The second kappa shape index (κ2) is 10.2. The van der Waals surface area contributed by atoms with Crippen LogP contribution in [0.25, 0.3) is 0 Å². The van der Waals surface area contributed by atoms with E-state index in [0.717, 1.165) is 30.7 Å². The number of carbonyl (C=O) groups excluding carboxylic acids is 3. The average molecular weight is 480 g/mol. The number of nitrogens with one attached hydrogen (secondary N) is 1. The van der Waals surface area contributed by atoms with E-state index in [1.54, 1.807) is 14.5 Å². The Bertz CT molecular complexity index is 1080. The fraction of sp³-hybridized carbons (Fsp3) is 0.538. The Kier molecular flexibility index (Phi) is 6.86. The van der Waals surface area contributed by atoms with Crippen LogP contribution in [0.3, 0.4) is 0 Å². The van der Waals surface area contributed by atoms with Crippen molar-refractivity contribution in [2.45, 2.75) is 44.8 Å². The minimum Gasteiger partial charge on any atom is -0.376 e. The maximum Gasteiger partial charge on any atom is 0.274 e. The lowest BCUT2D eigenvalue weighted by Gasteiger charge is -2.32. The van der Waals surface area contributed by atoms with E-state index in [1.165, 1.54) is 0 Å². The van der Waals surface area contributed by atoms with E-state index in [2.05, 4.69) is 10.4 Å². The van der Waals surface area contributed by atoms with Gasteiger partial charge in [0.25, 0.3) is 11.8 Å². The Labute approximate surface area is 205 Å². The zero-order chi connectivity index (χ0) is 24.4. The summed E-state index contributed by atoms with van der Waals surface area (Å²) in [4.78, 5) is 42.6. The molecule has 4 heterocycles. The van der Waals surface area contributed by atoms with Gasteiger partial charge in [0.15, 0.2) is 5.69 Å². The Morgan fingerprint density at radius 3 is 2.51 bits per heavy atom. The number of likely N-dealkylation sites (tertiary alicyclic amines) is 1. The summed E-state index contributed by atoms with van der Waals surface area (Å²) in [6.07, 6.45) is 4.11. The lowest BCUT2D eigenvalue weighted by Crippen LogP contribution is -2.44. The molecule has 5 rings (SSSR count). The molecule has 9 nitrogen and oxygen atoms in total. The summed E-state index contributed by atoms with van der Waals surface area (Å²) in [5.74, 6) is -0.183. The normalized spacial score (nSPS) is 20.5. The molecule has 2 aromatic rings. The molecule has 2 saturated heterocycles. The number of ether oxygens (including phenoxy) is 1. The molecule has 0 radical (unpaired) electrons. The highest BCUT2D eigenvalue weighted by Crippen LogP contribution is 2.26. The molecule has 0 saturated carbocycles. The zero-order valence-corrected chi connectivity index (χ0v) is 20.2. The number of fused-ring (bicyclic) bond motifs is 1. The van der Waals surface area contributed by atoms with Crippen LogP contribution in [0.2, 0.25) is 0 Å². The van der Waals surface area contributed by atoms with Gasteiger partial charge in [0.2, 0.25) is 5.91 Å². The molecular weight excluding hydrogens is 446 g/mol. The lowest BCUT2D eigenvalue weighted by molar-refractivity contribution is -0.126. The van der Waals surface area contributed by atoms with Gasteiger partial charge in [-0.15, -0.1) is 0 Å². The van der Waals surface area contributed by atoms with Gasteiger partial charge in [-0.1, -0.05) is 18.2 Å². The fourth-order valence-corrected chi connectivity index (χ4v) is 5.36. The van der Waals surface area contributed by atoms with Gasteiger partial charge in [-0.05, 0) is 37.8 Å². The van der Waals surface area contributed by atoms with Crippen molar-refractivity contribution in [2.75, 3.05) is 32.8 Å². The Morgan fingerprint density at radius 1 is 1.03 bits per heavy atom. The molecule has 9 heteroatoms. The van der Waals surface area contributed by atoms with Crippen molar-refractivity contribution < 1.29 is 19.1 Å². The smallest absolute Gasteiger partial charge is 0.274 e. The van der Waals surface area contributed by atoms with Crippen LogP contribution >= 0.6 is 0 Å².